The zero-order chi connectivity index (χ0) is 28.4. The Bertz CT molecular complexity index is 1510. The summed E-state index contributed by atoms with van der Waals surface area (Å²) in [5, 5.41) is 1.11. The van der Waals surface area contributed by atoms with Crippen LogP contribution in [0.2, 0.25) is 0 Å². The number of ether oxygens (including phenoxy) is 2. The maximum Gasteiger partial charge on any atom is 0.340 e. The summed E-state index contributed by atoms with van der Waals surface area (Å²) in [7, 11) is 0. The molecule has 0 fully saturated rings. The molecule has 0 bridgehead atoms. The average Bonchev–Trinajstić information content (AvgIpc) is 3.45. The zero-order valence-corrected chi connectivity index (χ0v) is 24.8. The number of aryl methyl sites for hydroxylation is 1. The van der Waals surface area contributed by atoms with Gasteiger partial charge in [0, 0.05) is 64.7 Å². The van der Waals surface area contributed by atoms with Crippen molar-refractivity contribution in [2.45, 2.75) is 66.5 Å². The fourth-order valence-electron chi connectivity index (χ4n) is 6.40. The molecular formula is C35H42N2O3. The van der Waals surface area contributed by atoms with Crippen LogP contribution >= 0.6 is 0 Å². The maximum atomic E-state index is 13.7. The van der Waals surface area contributed by atoms with Crippen LogP contribution in [0.15, 0.2) is 66.7 Å². The van der Waals surface area contributed by atoms with Crippen molar-refractivity contribution in [1.82, 2.24) is 4.57 Å². The van der Waals surface area contributed by atoms with Gasteiger partial charge in [0.25, 0.3) is 0 Å². The Labute approximate surface area is 238 Å². The van der Waals surface area contributed by atoms with E-state index in [1.165, 1.54) is 5.69 Å². The number of fused-ring (bicyclic) bond motifs is 2. The molecule has 0 aliphatic carbocycles. The number of aromatic nitrogens is 1. The van der Waals surface area contributed by atoms with E-state index in [9.17, 15) is 4.79 Å². The van der Waals surface area contributed by atoms with Gasteiger partial charge in [0.2, 0.25) is 0 Å². The van der Waals surface area contributed by atoms with E-state index in [0.29, 0.717) is 18.1 Å². The highest BCUT2D eigenvalue weighted by Gasteiger charge is 2.52. The highest BCUT2D eigenvalue weighted by Crippen LogP contribution is 2.54. The van der Waals surface area contributed by atoms with Crippen LogP contribution in [0.5, 0.6) is 5.75 Å². The molecule has 5 heteroatoms. The van der Waals surface area contributed by atoms with E-state index in [0.717, 1.165) is 71.5 Å². The van der Waals surface area contributed by atoms with Crippen molar-refractivity contribution in [2.75, 3.05) is 24.6 Å². The Kier molecular flexibility index (Phi) is 7.93. The van der Waals surface area contributed by atoms with Crippen molar-refractivity contribution in [3.63, 3.8) is 0 Å². The SMILES string of the molecule is CCOc1cc(N(CC)CC)ccc1C1(c2c(CCC(C)C)n(CC)c3ccccc23)OC(=O)c2ccccc21. The van der Waals surface area contributed by atoms with E-state index in [-0.39, 0.29) is 5.97 Å². The van der Waals surface area contributed by atoms with E-state index in [4.69, 9.17) is 9.47 Å². The van der Waals surface area contributed by atoms with E-state index in [2.05, 4.69) is 92.6 Å². The fraction of sp³-hybridized carbons (Fsp3) is 0.400. The molecule has 0 N–H and O–H groups in total. The Morgan fingerprint density at radius 1 is 0.925 bits per heavy atom. The minimum absolute atomic E-state index is 0.297. The van der Waals surface area contributed by atoms with Crippen LogP contribution in [0.1, 0.15) is 80.7 Å². The molecule has 0 spiro atoms. The minimum atomic E-state index is -1.13. The topological polar surface area (TPSA) is 43.7 Å². The molecule has 1 aliphatic heterocycles. The third-order valence-corrected chi connectivity index (χ3v) is 8.25. The zero-order valence-electron chi connectivity index (χ0n) is 24.8. The first-order valence-electron chi connectivity index (χ1n) is 14.9. The lowest BCUT2D eigenvalue weighted by atomic mass is 9.77. The fourth-order valence-corrected chi connectivity index (χ4v) is 6.40. The number of carbonyl (C=O) groups excluding carboxylic acids is 1. The van der Waals surface area contributed by atoms with Crippen LogP contribution < -0.4 is 9.64 Å². The van der Waals surface area contributed by atoms with Gasteiger partial charge in [-0.05, 0) is 70.7 Å². The summed E-state index contributed by atoms with van der Waals surface area (Å²) in [6, 6.07) is 22.8. The summed E-state index contributed by atoms with van der Waals surface area (Å²) in [4.78, 5) is 16.0. The van der Waals surface area contributed by atoms with Crippen molar-refractivity contribution < 1.29 is 14.3 Å². The lowest BCUT2D eigenvalue weighted by Gasteiger charge is -2.33. The molecule has 3 aromatic carbocycles. The van der Waals surface area contributed by atoms with E-state index < -0.39 is 5.60 Å². The molecule has 0 amide bonds. The molecule has 2 heterocycles. The van der Waals surface area contributed by atoms with Gasteiger partial charge >= 0.3 is 5.97 Å². The number of hydrogen-bond acceptors (Lipinski definition) is 4. The van der Waals surface area contributed by atoms with Crippen LogP contribution in [0.4, 0.5) is 5.69 Å². The van der Waals surface area contributed by atoms with Crippen molar-refractivity contribution in [3.8, 4) is 5.75 Å². The standard InChI is InChI=1S/C35H42N2O3/c1-7-36(8-2)25-20-21-29(32(23-25)39-10-4)35(28-17-13-11-15-26(28)34(38)40-35)33-27-16-12-14-18-30(27)37(9-3)31(33)22-19-24(5)6/h11-18,20-21,23-24H,7-10,19,22H2,1-6H3. The number of cyclic esters (lactones) is 1. The lowest BCUT2D eigenvalue weighted by molar-refractivity contribution is 0.0245. The van der Waals surface area contributed by atoms with Crippen molar-refractivity contribution >= 4 is 22.6 Å². The molecule has 1 aliphatic rings. The van der Waals surface area contributed by atoms with Gasteiger partial charge < -0.3 is 18.9 Å². The summed E-state index contributed by atoms with van der Waals surface area (Å²) < 4.78 is 15.5. The number of benzene rings is 3. The predicted molar refractivity (Wildman–Crippen MR) is 164 cm³/mol. The molecule has 0 saturated carbocycles. The summed E-state index contributed by atoms with van der Waals surface area (Å²) in [5.41, 5.74) is 5.76. The van der Waals surface area contributed by atoms with Crippen LogP contribution in [-0.4, -0.2) is 30.2 Å². The van der Waals surface area contributed by atoms with Crippen molar-refractivity contribution in [3.05, 3.63) is 94.7 Å². The maximum absolute atomic E-state index is 13.7. The molecule has 0 radical (unpaired) electrons. The lowest BCUT2D eigenvalue weighted by Crippen LogP contribution is -2.32. The number of anilines is 1. The van der Waals surface area contributed by atoms with Crippen LogP contribution in [0.25, 0.3) is 10.9 Å². The number of hydrogen-bond donors (Lipinski definition) is 0. The largest absolute Gasteiger partial charge is 0.493 e. The van der Waals surface area contributed by atoms with Gasteiger partial charge in [0.1, 0.15) is 5.75 Å². The van der Waals surface area contributed by atoms with Crippen molar-refractivity contribution in [2.24, 2.45) is 5.92 Å². The number of carbonyl (C=O) groups is 1. The Balaban J connectivity index is 1.91. The van der Waals surface area contributed by atoms with Crippen LogP contribution in [-0.2, 0) is 23.3 Å². The number of esters is 1. The molecule has 1 atom stereocenters. The van der Waals surface area contributed by atoms with Crippen molar-refractivity contribution in [1.29, 1.82) is 0 Å². The molecule has 40 heavy (non-hydrogen) atoms. The first kappa shape index (κ1) is 27.8. The summed E-state index contributed by atoms with van der Waals surface area (Å²) >= 11 is 0. The van der Waals surface area contributed by atoms with E-state index in [1.807, 2.05) is 25.1 Å². The third kappa shape index (κ3) is 4.46. The number of rotatable bonds is 11. The second-order valence-electron chi connectivity index (χ2n) is 10.9. The van der Waals surface area contributed by atoms with Gasteiger partial charge in [0.05, 0.1) is 12.2 Å². The Morgan fingerprint density at radius 3 is 2.35 bits per heavy atom. The third-order valence-electron chi connectivity index (χ3n) is 8.25. The molecule has 0 saturated heterocycles. The van der Waals surface area contributed by atoms with E-state index in [1.54, 1.807) is 0 Å². The Morgan fingerprint density at radius 2 is 1.65 bits per heavy atom. The monoisotopic (exact) mass is 538 g/mol. The number of para-hydroxylation sites is 1. The van der Waals surface area contributed by atoms with E-state index >= 15 is 0 Å². The summed E-state index contributed by atoms with van der Waals surface area (Å²) in [5.74, 6) is 0.992. The quantitative estimate of drug-likeness (QED) is 0.182. The molecule has 1 unspecified atom stereocenters. The highest BCUT2D eigenvalue weighted by molar-refractivity contribution is 5.99. The molecular weight excluding hydrogens is 496 g/mol. The second-order valence-corrected chi connectivity index (χ2v) is 10.9. The predicted octanol–water partition coefficient (Wildman–Crippen LogP) is 7.96. The molecule has 1 aromatic heterocycles. The van der Waals surface area contributed by atoms with Gasteiger partial charge in [0.15, 0.2) is 5.60 Å². The highest BCUT2D eigenvalue weighted by atomic mass is 16.6. The Hall–Kier alpha value is -3.73. The first-order valence-corrected chi connectivity index (χ1v) is 14.9. The van der Waals surface area contributed by atoms with Gasteiger partial charge in [-0.3, -0.25) is 0 Å². The van der Waals surface area contributed by atoms with Gasteiger partial charge in [-0.25, -0.2) is 4.79 Å². The number of nitrogens with zero attached hydrogens (tertiary/aromatic N) is 2. The van der Waals surface area contributed by atoms with Gasteiger partial charge in [-0.2, -0.15) is 0 Å². The van der Waals surface area contributed by atoms with Gasteiger partial charge in [-0.15, -0.1) is 0 Å². The molecule has 210 valence electrons. The second kappa shape index (κ2) is 11.4. The summed E-state index contributed by atoms with van der Waals surface area (Å²) in [6.07, 6.45) is 1.92. The molecule has 5 nitrogen and oxygen atoms in total. The molecule has 5 rings (SSSR count). The molecule has 4 aromatic rings. The van der Waals surface area contributed by atoms with Crippen LogP contribution in [0, 0.1) is 5.92 Å². The normalized spacial score (nSPS) is 16.4. The summed E-state index contributed by atoms with van der Waals surface area (Å²) in [6.45, 7) is 16.2. The smallest absolute Gasteiger partial charge is 0.340 e. The minimum Gasteiger partial charge on any atom is -0.493 e. The van der Waals surface area contributed by atoms with Crippen LogP contribution in [0.3, 0.4) is 0 Å². The average molecular weight is 539 g/mol. The first-order chi connectivity index (χ1) is 19.4. The van der Waals surface area contributed by atoms with Gasteiger partial charge in [-0.1, -0.05) is 50.2 Å².